The molecule has 2 aromatic rings. The van der Waals surface area contributed by atoms with Crippen LogP contribution in [-0.2, 0) is 13.5 Å². The Kier molecular flexibility index (Phi) is 4.39. The van der Waals surface area contributed by atoms with Gasteiger partial charge in [0.05, 0.1) is 17.9 Å². The summed E-state index contributed by atoms with van der Waals surface area (Å²) in [6.07, 6.45) is 13.7. The van der Waals surface area contributed by atoms with Gasteiger partial charge in [0.2, 0.25) is 0 Å². The van der Waals surface area contributed by atoms with Crippen molar-refractivity contribution in [2.24, 2.45) is 7.05 Å². The third-order valence-corrected chi connectivity index (χ3v) is 4.50. The maximum absolute atomic E-state index is 4.80. The summed E-state index contributed by atoms with van der Waals surface area (Å²) in [5.41, 5.74) is 2.37. The molecule has 1 aliphatic carbocycles. The lowest BCUT2D eigenvalue weighted by molar-refractivity contribution is 0.327. The fraction of sp³-hybridized carbons (Fsp3) is 0.625. The molecule has 1 atom stereocenters. The molecule has 0 aromatic carbocycles. The van der Waals surface area contributed by atoms with Crippen LogP contribution >= 0.6 is 0 Å². The zero-order valence-corrected chi connectivity index (χ0v) is 13.0. The highest BCUT2D eigenvalue weighted by Crippen LogP contribution is 2.27. The van der Waals surface area contributed by atoms with Crippen LogP contribution in [0.2, 0.25) is 0 Å². The zero-order chi connectivity index (χ0) is 14.7. The summed E-state index contributed by atoms with van der Waals surface area (Å²) in [5.74, 6) is 0. The van der Waals surface area contributed by atoms with E-state index in [1.807, 2.05) is 25.0 Å². The van der Waals surface area contributed by atoms with E-state index in [4.69, 9.17) is 5.10 Å². The Morgan fingerprint density at radius 1 is 1.33 bits per heavy atom. The normalized spacial score (nSPS) is 18.0. The molecule has 5 nitrogen and oxygen atoms in total. The van der Waals surface area contributed by atoms with Crippen molar-refractivity contribution in [2.75, 3.05) is 7.05 Å². The number of aryl methyl sites for hydroxylation is 1. The second-order valence-electron chi connectivity index (χ2n) is 6.07. The molecule has 2 aromatic heterocycles. The van der Waals surface area contributed by atoms with E-state index in [0.29, 0.717) is 6.04 Å². The van der Waals surface area contributed by atoms with Crippen molar-refractivity contribution in [1.29, 1.82) is 0 Å². The second kappa shape index (κ2) is 6.43. The van der Waals surface area contributed by atoms with Crippen LogP contribution in [0.5, 0.6) is 0 Å². The lowest BCUT2D eigenvalue weighted by Crippen LogP contribution is -2.19. The summed E-state index contributed by atoms with van der Waals surface area (Å²) < 4.78 is 4.03. The van der Waals surface area contributed by atoms with Crippen molar-refractivity contribution in [3.8, 4) is 0 Å². The summed E-state index contributed by atoms with van der Waals surface area (Å²) >= 11 is 0. The summed E-state index contributed by atoms with van der Waals surface area (Å²) in [6.45, 7) is 0. The van der Waals surface area contributed by atoms with Crippen molar-refractivity contribution in [3.05, 3.63) is 35.9 Å². The van der Waals surface area contributed by atoms with Gasteiger partial charge >= 0.3 is 0 Å². The molecule has 0 radical (unpaired) electrons. The average molecular weight is 287 g/mol. The minimum absolute atomic E-state index is 0.272. The van der Waals surface area contributed by atoms with Gasteiger partial charge in [0.25, 0.3) is 0 Å². The van der Waals surface area contributed by atoms with E-state index >= 15 is 0 Å². The molecule has 0 saturated heterocycles. The first kappa shape index (κ1) is 14.3. The van der Waals surface area contributed by atoms with Gasteiger partial charge in [-0.3, -0.25) is 9.36 Å². The highest BCUT2D eigenvalue weighted by Gasteiger charge is 2.18. The van der Waals surface area contributed by atoms with E-state index in [0.717, 1.165) is 12.1 Å². The molecule has 0 amide bonds. The van der Waals surface area contributed by atoms with Gasteiger partial charge in [-0.05, 0) is 26.0 Å². The van der Waals surface area contributed by atoms with Gasteiger partial charge in [0.15, 0.2) is 0 Å². The van der Waals surface area contributed by atoms with Crippen molar-refractivity contribution in [1.82, 2.24) is 24.9 Å². The Morgan fingerprint density at radius 2 is 2.14 bits per heavy atom. The number of nitrogens with zero attached hydrogens (tertiary/aromatic N) is 4. The second-order valence-corrected chi connectivity index (χ2v) is 6.07. The van der Waals surface area contributed by atoms with E-state index in [-0.39, 0.29) is 6.04 Å². The van der Waals surface area contributed by atoms with E-state index in [1.54, 1.807) is 0 Å². The Labute approximate surface area is 126 Å². The Hall–Kier alpha value is -1.62. The van der Waals surface area contributed by atoms with E-state index in [1.165, 1.54) is 37.7 Å². The average Bonchev–Trinajstić information content (AvgIpc) is 3.15. The Bertz CT molecular complexity index is 565. The van der Waals surface area contributed by atoms with Crippen molar-refractivity contribution in [3.63, 3.8) is 0 Å². The minimum atomic E-state index is 0.272. The van der Waals surface area contributed by atoms with Crippen LogP contribution in [0.4, 0.5) is 0 Å². The largest absolute Gasteiger partial charge is 0.313 e. The van der Waals surface area contributed by atoms with E-state index < -0.39 is 0 Å². The Balaban J connectivity index is 1.68. The summed E-state index contributed by atoms with van der Waals surface area (Å²) in [7, 11) is 3.95. The molecule has 1 fully saturated rings. The van der Waals surface area contributed by atoms with Gasteiger partial charge in [-0.25, -0.2) is 0 Å². The number of aromatic nitrogens is 4. The molecule has 1 unspecified atom stereocenters. The Morgan fingerprint density at radius 3 is 2.81 bits per heavy atom. The summed E-state index contributed by atoms with van der Waals surface area (Å²) in [4.78, 5) is 0. The molecule has 21 heavy (non-hydrogen) atoms. The van der Waals surface area contributed by atoms with Gasteiger partial charge in [0, 0.05) is 37.5 Å². The fourth-order valence-electron chi connectivity index (χ4n) is 3.25. The van der Waals surface area contributed by atoms with Gasteiger partial charge in [0.1, 0.15) is 0 Å². The number of rotatable bonds is 5. The summed E-state index contributed by atoms with van der Waals surface area (Å²) in [5, 5.41) is 12.4. The number of hydrogen-bond acceptors (Lipinski definition) is 3. The standard InChI is InChI=1S/C16H25N5/c1-17-16(13-11-18-20(2)12-13)10-14-8-9-21(19-14)15-6-4-3-5-7-15/h8-9,11-12,15-17H,3-7,10H2,1-2H3. The van der Waals surface area contributed by atoms with Gasteiger partial charge < -0.3 is 5.32 Å². The summed E-state index contributed by atoms with van der Waals surface area (Å²) in [6, 6.07) is 3.04. The van der Waals surface area contributed by atoms with Crippen LogP contribution in [0.15, 0.2) is 24.7 Å². The molecular weight excluding hydrogens is 262 g/mol. The molecule has 5 heteroatoms. The fourth-order valence-corrected chi connectivity index (χ4v) is 3.25. The maximum atomic E-state index is 4.80. The SMILES string of the molecule is CNC(Cc1ccn(C2CCCCC2)n1)c1cnn(C)c1. The lowest BCUT2D eigenvalue weighted by Gasteiger charge is -2.22. The number of hydrogen-bond donors (Lipinski definition) is 1. The van der Waals surface area contributed by atoms with Crippen molar-refractivity contribution in [2.45, 2.75) is 50.6 Å². The topological polar surface area (TPSA) is 47.7 Å². The third-order valence-electron chi connectivity index (χ3n) is 4.50. The third kappa shape index (κ3) is 3.35. The molecule has 0 aliphatic heterocycles. The molecule has 0 bridgehead atoms. The highest BCUT2D eigenvalue weighted by atomic mass is 15.3. The molecule has 1 aliphatic rings. The number of likely N-dealkylation sites (N-methyl/N-ethyl adjacent to an activating group) is 1. The molecule has 114 valence electrons. The van der Waals surface area contributed by atoms with Crippen LogP contribution < -0.4 is 5.32 Å². The monoisotopic (exact) mass is 287 g/mol. The number of nitrogens with one attached hydrogen (secondary N) is 1. The molecule has 0 spiro atoms. The van der Waals surface area contributed by atoms with Crippen molar-refractivity contribution < 1.29 is 0 Å². The first-order chi connectivity index (χ1) is 10.3. The maximum Gasteiger partial charge on any atom is 0.0643 e. The van der Waals surface area contributed by atoms with Crippen molar-refractivity contribution >= 4 is 0 Å². The van der Waals surface area contributed by atoms with Gasteiger partial charge in [-0.15, -0.1) is 0 Å². The first-order valence-corrected chi connectivity index (χ1v) is 7.96. The van der Waals surface area contributed by atoms with Crippen LogP contribution in [-0.4, -0.2) is 26.6 Å². The van der Waals surface area contributed by atoms with E-state index in [2.05, 4.69) is 33.6 Å². The van der Waals surface area contributed by atoms with Crippen LogP contribution in [0.3, 0.4) is 0 Å². The zero-order valence-electron chi connectivity index (χ0n) is 13.0. The molecule has 3 rings (SSSR count). The minimum Gasteiger partial charge on any atom is -0.313 e. The van der Waals surface area contributed by atoms with E-state index in [9.17, 15) is 0 Å². The lowest BCUT2D eigenvalue weighted by atomic mass is 9.96. The smallest absolute Gasteiger partial charge is 0.0643 e. The first-order valence-electron chi connectivity index (χ1n) is 7.96. The highest BCUT2D eigenvalue weighted by molar-refractivity contribution is 5.14. The quantitative estimate of drug-likeness (QED) is 0.919. The molecule has 1 saturated carbocycles. The van der Waals surface area contributed by atoms with Crippen LogP contribution in [0.25, 0.3) is 0 Å². The van der Waals surface area contributed by atoms with Crippen LogP contribution in [0, 0.1) is 0 Å². The predicted molar refractivity (Wildman–Crippen MR) is 83.1 cm³/mol. The molecule has 2 heterocycles. The van der Waals surface area contributed by atoms with Crippen LogP contribution in [0.1, 0.15) is 55.4 Å². The molecule has 1 N–H and O–H groups in total. The van der Waals surface area contributed by atoms with Gasteiger partial charge in [-0.1, -0.05) is 19.3 Å². The van der Waals surface area contributed by atoms with Gasteiger partial charge in [-0.2, -0.15) is 10.2 Å². The predicted octanol–water partition coefficient (Wildman–Crippen LogP) is 2.63. The molecular formula is C16H25N5.